The Morgan fingerprint density at radius 2 is 1.90 bits per heavy atom. The molecule has 3 rings (SSSR count). The number of benzene rings is 2. The fraction of sp³-hybridized carbons (Fsp3) is 0.333. The van der Waals surface area contributed by atoms with Gasteiger partial charge in [-0.2, -0.15) is 0 Å². The van der Waals surface area contributed by atoms with Crippen molar-refractivity contribution in [2.75, 3.05) is 26.8 Å². The van der Waals surface area contributed by atoms with Crippen LogP contribution in [0.5, 0.6) is 0 Å². The number of quaternary nitrogens is 1. The monoisotopic (exact) mass is 397 g/mol. The molecule has 4 nitrogen and oxygen atoms in total. The minimum absolute atomic E-state index is 0.214. The molecule has 29 heavy (non-hydrogen) atoms. The van der Waals surface area contributed by atoms with Gasteiger partial charge in [-0.3, -0.25) is 0 Å². The summed E-state index contributed by atoms with van der Waals surface area (Å²) in [5, 5.41) is 10.7. The number of halogens is 1. The Morgan fingerprint density at radius 3 is 2.66 bits per heavy atom. The van der Waals surface area contributed by atoms with E-state index in [0.717, 1.165) is 30.6 Å². The second-order valence-electron chi connectivity index (χ2n) is 7.41. The van der Waals surface area contributed by atoms with E-state index in [4.69, 9.17) is 4.74 Å². The summed E-state index contributed by atoms with van der Waals surface area (Å²) in [6.45, 7) is 3.65. The number of nitrogens with one attached hydrogen (secondary N) is 1. The summed E-state index contributed by atoms with van der Waals surface area (Å²) in [4.78, 5) is 1.29. The number of rotatable bonds is 11. The maximum Gasteiger partial charge on any atom is 0.128 e. The molecule has 154 valence electrons. The average Bonchev–Trinajstić information content (AvgIpc) is 3.15. The van der Waals surface area contributed by atoms with Gasteiger partial charge < -0.3 is 19.3 Å². The number of nitrogens with zero attached hydrogens (tertiary/aromatic N) is 1. The quantitative estimate of drug-likeness (QED) is 0.489. The number of aliphatic hydroxyl groups is 1. The molecule has 0 radical (unpaired) electrons. The minimum Gasteiger partial charge on any atom is -0.384 e. The Hall–Kier alpha value is -2.47. The van der Waals surface area contributed by atoms with Crippen LogP contribution >= 0.6 is 0 Å². The molecule has 0 aliphatic heterocycles. The zero-order chi connectivity index (χ0) is 20.5. The number of methoxy groups -OCH3 is 1. The van der Waals surface area contributed by atoms with E-state index < -0.39 is 6.10 Å². The highest BCUT2D eigenvalue weighted by Gasteiger charge is 2.18. The molecule has 0 amide bonds. The number of hydrogen-bond acceptors (Lipinski definition) is 2. The molecular formula is C24H30FN2O2+. The molecule has 3 aromatic rings. The third kappa shape index (κ3) is 6.53. The molecule has 2 atom stereocenters. The SMILES string of the molecule is COCCC[NH+](Cc1cccn1Cc1cccc(F)c1)C[C@H](O)c1ccccc1. The number of aliphatic hydroxyl groups excluding tert-OH is 1. The van der Waals surface area contributed by atoms with Gasteiger partial charge in [0, 0.05) is 26.3 Å². The van der Waals surface area contributed by atoms with Gasteiger partial charge >= 0.3 is 0 Å². The fourth-order valence-corrected chi connectivity index (χ4v) is 3.65. The molecule has 1 unspecified atom stereocenters. The van der Waals surface area contributed by atoms with Crippen LogP contribution in [0.2, 0.25) is 0 Å². The van der Waals surface area contributed by atoms with Crippen LogP contribution in [-0.2, 0) is 17.8 Å². The first kappa shape index (κ1) is 21.2. The molecule has 2 N–H and O–H groups in total. The molecule has 0 aliphatic carbocycles. The van der Waals surface area contributed by atoms with Crippen molar-refractivity contribution in [1.29, 1.82) is 0 Å². The van der Waals surface area contributed by atoms with E-state index in [1.807, 2.05) is 48.7 Å². The summed E-state index contributed by atoms with van der Waals surface area (Å²) in [5.41, 5.74) is 3.04. The molecular weight excluding hydrogens is 367 g/mol. The van der Waals surface area contributed by atoms with E-state index in [1.54, 1.807) is 19.2 Å². The summed E-state index contributed by atoms with van der Waals surface area (Å²) >= 11 is 0. The Morgan fingerprint density at radius 1 is 1.07 bits per heavy atom. The van der Waals surface area contributed by atoms with Crippen molar-refractivity contribution in [2.45, 2.75) is 25.6 Å². The summed E-state index contributed by atoms with van der Waals surface area (Å²) in [5.74, 6) is -0.214. The Kier molecular flexibility index (Phi) is 7.99. The fourth-order valence-electron chi connectivity index (χ4n) is 3.65. The summed E-state index contributed by atoms with van der Waals surface area (Å²) in [6.07, 6.45) is 2.44. The van der Waals surface area contributed by atoms with Gasteiger partial charge in [0.05, 0.1) is 18.8 Å². The standard InChI is InChI=1S/C24H29FN2O2/c1-29-15-7-13-26(19-24(28)21-9-3-2-4-10-21)18-23-12-6-14-27(23)17-20-8-5-11-22(25)16-20/h2-6,8-12,14,16,24,28H,7,13,15,17-19H2,1H3/p+1/t24-/m0/s1. The number of hydrogen-bond donors (Lipinski definition) is 2. The predicted octanol–water partition coefficient (Wildman–Crippen LogP) is 2.83. The maximum absolute atomic E-state index is 13.5. The van der Waals surface area contributed by atoms with Crippen LogP contribution in [0, 0.1) is 5.82 Å². The van der Waals surface area contributed by atoms with Gasteiger partial charge in [-0.25, -0.2) is 4.39 Å². The van der Waals surface area contributed by atoms with Crippen molar-refractivity contribution in [3.8, 4) is 0 Å². The first-order valence-corrected chi connectivity index (χ1v) is 10.1. The molecule has 2 aromatic carbocycles. The lowest BCUT2D eigenvalue weighted by Gasteiger charge is -2.23. The second-order valence-corrected chi connectivity index (χ2v) is 7.41. The molecule has 0 saturated carbocycles. The van der Waals surface area contributed by atoms with Crippen molar-refractivity contribution in [3.05, 3.63) is 95.6 Å². The molecule has 1 heterocycles. The van der Waals surface area contributed by atoms with Crippen LogP contribution in [0.1, 0.15) is 29.3 Å². The summed E-state index contributed by atoms with van der Waals surface area (Å²) < 4.78 is 20.9. The van der Waals surface area contributed by atoms with Crippen LogP contribution < -0.4 is 4.90 Å². The molecule has 5 heteroatoms. The lowest BCUT2D eigenvalue weighted by atomic mass is 10.1. The molecule has 0 saturated heterocycles. The van der Waals surface area contributed by atoms with Crippen molar-refractivity contribution in [3.63, 3.8) is 0 Å². The van der Waals surface area contributed by atoms with Crippen molar-refractivity contribution in [2.24, 2.45) is 0 Å². The van der Waals surface area contributed by atoms with E-state index in [-0.39, 0.29) is 5.82 Å². The normalized spacial score (nSPS) is 13.3. The largest absolute Gasteiger partial charge is 0.384 e. The van der Waals surface area contributed by atoms with E-state index in [2.05, 4.69) is 10.6 Å². The van der Waals surface area contributed by atoms with Gasteiger partial charge in [0.15, 0.2) is 0 Å². The van der Waals surface area contributed by atoms with E-state index >= 15 is 0 Å². The van der Waals surface area contributed by atoms with Crippen LogP contribution in [0.25, 0.3) is 0 Å². The average molecular weight is 398 g/mol. The third-order valence-corrected chi connectivity index (χ3v) is 5.14. The summed E-state index contributed by atoms with van der Waals surface area (Å²) in [7, 11) is 1.71. The van der Waals surface area contributed by atoms with Crippen LogP contribution in [0.3, 0.4) is 0 Å². The number of ether oxygens (including phenoxy) is 1. The number of aromatic nitrogens is 1. The van der Waals surface area contributed by atoms with Gasteiger partial charge in [-0.05, 0) is 35.4 Å². The zero-order valence-corrected chi connectivity index (χ0v) is 16.9. The van der Waals surface area contributed by atoms with Crippen LogP contribution in [0.15, 0.2) is 72.9 Å². The zero-order valence-electron chi connectivity index (χ0n) is 16.9. The molecule has 0 bridgehead atoms. The van der Waals surface area contributed by atoms with Gasteiger partial charge in [0.2, 0.25) is 0 Å². The Balaban J connectivity index is 1.69. The topological polar surface area (TPSA) is 38.8 Å². The molecule has 1 aromatic heterocycles. The van der Waals surface area contributed by atoms with Gasteiger partial charge in [0.1, 0.15) is 25.0 Å². The van der Waals surface area contributed by atoms with Crippen LogP contribution in [0.4, 0.5) is 4.39 Å². The van der Waals surface area contributed by atoms with Gasteiger partial charge in [0.25, 0.3) is 0 Å². The smallest absolute Gasteiger partial charge is 0.128 e. The van der Waals surface area contributed by atoms with Gasteiger partial charge in [-0.1, -0.05) is 42.5 Å². The van der Waals surface area contributed by atoms with E-state index in [0.29, 0.717) is 19.7 Å². The Bertz CT molecular complexity index is 866. The highest BCUT2D eigenvalue weighted by Crippen LogP contribution is 2.11. The second kappa shape index (κ2) is 10.9. The summed E-state index contributed by atoms with van der Waals surface area (Å²) in [6, 6.07) is 20.6. The third-order valence-electron chi connectivity index (χ3n) is 5.14. The Labute approximate surface area is 172 Å². The van der Waals surface area contributed by atoms with E-state index in [9.17, 15) is 9.50 Å². The van der Waals surface area contributed by atoms with E-state index in [1.165, 1.54) is 16.7 Å². The molecule has 0 spiro atoms. The maximum atomic E-state index is 13.5. The van der Waals surface area contributed by atoms with Gasteiger partial charge in [-0.15, -0.1) is 0 Å². The van der Waals surface area contributed by atoms with Crippen molar-refractivity contribution in [1.82, 2.24) is 4.57 Å². The van der Waals surface area contributed by atoms with Crippen molar-refractivity contribution < 1.29 is 19.1 Å². The highest BCUT2D eigenvalue weighted by atomic mass is 19.1. The highest BCUT2D eigenvalue weighted by molar-refractivity contribution is 5.19. The minimum atomic E-state index is -0.514. The lowest BCUT2D eigenvalue weighted by Crippen LogP contribution is -3.11. The first-order valence-electron chi connectivity index (χ1n) is 10.1. The first-order chi connectivity index (χ1) is 14.2. The van der Waals surface area contributed by atoms with Crippen LogP contribution in [-0.4, -0.2) is 36.5 Å². The predicted molar refractivity (Wildman–Crippen MR) is 112 cm³/mol. The van der Waals surface area contributed by atoms with Crippen molar-refractivity contribution >= 4 is 0 Å². The lowest BCUT2D eigenvalue weighted by molar-refractivity contribution is -0.918. The molecule has 0 aliphatic rings. The molecule has 0 fully saturated rings.